The number of halogens is 1. The molecule has 24 heteroatoms. The molecular weight excluding hydrogens is 943 g/mol. The molecule has 4 unspecified atom stereocenters. The Bertz CT molecular complexity index is 1660. The van der Waals surface area contributed by atoms with Crippen molar-refractivity contribution in [2.24, 2.45) is 5.92 Å². The van der Waals surface area contributed by atoms with E-state index in [0.29, 0.717) is 124 Å². The third-order valence-electron chi connectivity index (χ3n) is 10.2. The number of aliphatic hydroxyl groups is 1. The van der Waals surface area contributed by atoms with E-state index in [4.69, 9.17) is 78.6 Å². The van der Waals surface area contributed by atoms with Gasteiger partial charge in [-0.3, -0.25) is 0 Å². The third-order valence-corrected chi connectivity index (χ3v) is 10.8. The van der Waals surface area contributed by atoms with Gasteiger partial charge >= 0.3 is 0 Å². The number of anilines is 1. The van der Waals surface area contributed by atoms with Gasteiger partial charge in [-0.2, -0.15) is 15.1 Å². The van der Waals surface area contributed by atoms with E-state index < -0.39 is 8.38 Å². The van der Waals surface area contributed by atoms with E-state index in [-0.39, 0.29) is 36.7 Å². The van der Waals surface area contributed by atoms with E-state index in [1.165, 1.54) is 0 Å². The summed E-state index contributed by atoms with van der Waals surface area (Å²) in [6.07, 6.45) is 7.40. The second kappa shape index (κ2) is 41.2. The molecule has 3 aromatic heterocycles. The van der Waals surface area contributed by atoms with Crippen molar-refractivity contribution >= 4 is 36.8 Å². The third kappa shape index (κ3) is 25.7. The number of aromatic nitrogens is 7. The fourth-order valence-corrected chi connectivity index (χ4v) is 7.51. The Morgan fingerprint density at radius 2 is 1.30 bits per heavy atom. The van der Waals surface area contributed by atoms with E-state index in [9.17, 15) is 0 Å². The van der Waals surface area contributed by atoms with Gasteiger partial charge in [0.05, 0.1) is 149 Å². The maximum atomic E-state index is 9.11. The first-order chi connectivity index (χ1) is 33.9. The quantitative estimate of drug-likeness (QED) is 0.0392. The molecule has 5 rings (SSSR count). The summed E-state index contributed by atoms with van der Waals surface area (Å²) in [5.74, 6) is 1.05. The molecule has 0 aromatic carbocycles. The molecule has 2 aliphatic rings. The van der Waals surface area contributed by atoms with Crippen molar-refractivity contribution < 1.29 is 67.0 Å². The molecule has 3 N–H and O–H groups in total. The Kier molecular flexibility index (Phi) is 37.4. The van der Waals surface area contributed by atoms with Crippen LogP contribution in [0.3, 0.4) is 0 Å². The summed E-state index contributed by atoms with van der Waals surface area (Å²) >= 11 is 6.46. The lowest BCUT2D eigenvalue weighted by molar-refractivity contribution is -0.0421. The predicted molar refractivity (Wildman–Crippen MR) is 263 cm³/mol. The highest BCUT2D eigenvalue weighted by atomic mass is 35.5. The van der Waals surface area contributed by atoms with Crippen LogP contribution < -0.4 is 4.90 Å². The normalized spacial score (nSPS) is 17.9. The summed E-state index contributed by atoms with van der Waals surface area (Å²) in [6, 6.07) is 0. The Hall–Kier alpha value is -2.35. The number of fused-ring (bicyclic) bond motifs is 1. The molecule has 2 fully saturated rings. The first-order valence-electron chi connectivity index (χ1n) is 24.6. The van der Waals surface area contributed by atoms with Gasteiger partial charge in [0.1, 0.15) is 17.9 Å². The zero-order valence-corrected chi connectivity index (χ0v) is 43.9. The number of rotatable bonds is 36. The van der Waals surface area contributed by atoms with E-state index in [0.717, 1.165) is 75.8 Å². The first-order valence-corrected chi connectivity index (χ1v) is 26.4. The van der Waals surface area contributed by atoms with Crippen LogP contribution in [0.1, 0.15) is 85.6 Å². The fourth-order valence-electron chi connectivity index (χ4n) is 7.08. The van der Waals surface area contributed by atoms with Crippen LogP contribution in [0.4, 0.5) is 5.82 Å². The van der Waals surface area contributed by atoms with Gasteiger partial charge < -0.3 is 71.9 Å². The summed E-state index contributed by atoms with van der Waals surface area (Å²) in [6.45, 7) is 23.3. The SMILES string of the molecule is CC.CC.CCCOCCOCCOCCOCCn1cc(COCCOCCOCCOCCOC2CCN(c3nc(Cl)nc4c3cnn4C3CCC(COCP(O)O)O3)CC2CC)nn1.CO. The largest absolute Gasteiger partial charge is 0.400 e. The highest BCUT2D eigenvalue weighted by Gasteiger charge is 2.33. The number of nitrogens with zero attached hydrogens (tertiary/aromatic N) is 8. The van der Waals surface area contributed by atoms with Crippen LogP contribution in [-0.2, 0) is 65.3 Å². The van der Waals surface area contributed by atoms with Gasteiger partial charge in [0, 0.05) is 32.7 Å². The van der Waals surface area contributed by atoms with Gasteiger partial charge in [-0.1, -0.05) is 46.8 Å². The second-order valence-corrected chi connectivity index (χ2v) is 16.3. The van der Waals surface area contributed by atoms with Crippen molar-refractivity contribution in [3.8, 4) is 0 Å². The van der Waals surface area contributed by atoms with Gasteiger partial charge in [0.15, 0.2) is 20.3 Å². The molecule has 0 aliphatic carbocycles. The summed E-state index contributed by atoms with van der Waals surface area (Å²) < 4.78 is 65.9. The minimum absolute atomic E-state index is 0.0994. The Balaban J connectivity index is 0.00000262. The topological polar surface area (TPSA) is 240 Å². The first kappa shape index (κ1) is 62.8. The second-order valence-electron chi connectivity index (χ2n) is 14.9. The van der Waals surface area contributed by atoms with Crippen LogP contribution in [0.5, 0.6) is 0 Å². The zero-order chi connectivity index (χ0) is 50.3. The lowest BCUT2D eigenvalue weighted by Gasteiger charge is -2.38. The molecule has 400 valence electrons. The van der Waals surface area contributed by atoms with E-state index in [2.05, 4.69) is 44.1 Å². The van der Waals surface area contributed by atoms with Crippen molar-refractivity contribution in [1.29, 1.82) is 0 Å². The molecule has 2 aliphatic heterocycles. The average molecular weight is 1030 g/mol. The maximum absolute atomic E-state index is 9.11. The minimum Gasteiger partial charge on any atom is -0.400 e. The zero-order valence-electron chi connectivity index (χ0n) is 42.3. The number of hydrogen-bond acceptors (Lipinski definition) is 20. The van der Waals surface area contributed by atoms with Crippen molar-refractivity contribution in [3.05, 3.63) is 23.4 Å². The Labute approximate surface area is 415 Å². The summed E-state index contributed by atoms with van der Waals surface area (Å²) in [7, 11) is -1.09. The lowest BCUT2D eigenvalue weighted by atomic mass is 9.92. The molecule has 5 heterocycles. The minimum atomic E-state index is -2.09. The average Bonchev–Trinajstić information content (AvgIpc) is 4.15. The van der Waals surface area contributed by atoms with Crippen LogP contribution in [0.25, 0.3) is 11.0 Å². The summed E-state index contributed by atoms with van der Waals surface area (Å²) in [4.78, 5) is 29.6. The molecule has 4 atom stereocenters. The van der Waals surface area contributed by atoms with Crippen LogP contribution in [0.15, 0.2) is 12.4 Å². The predicted octanol–water partition coefficient (Wildman–Crippen LogP) is 5.04. The van der Waals surface area contributed by atoms with Crippen LogP contribution in [0, 0.1) is 5.92 Å². The summed E-state index contributed by atoms with van der Waals surface area (Å²) in [5.41, 5.74) is 1.36. The number of ether oxygens (including phenoxy) is 11. The molecule has 0 radical (unpaired) electrons. The maximum Gasteiger partial charge on any atom is 0.226 e. The Morgan fingerprint density at radius 3 is 1.90 bits per heavy atom. The molecular formula is C45H84ClN8O14P. The fraction of sp³-hybridized carbons (Fsp3) is 0.844. The van der Waals surface area contributed by atoms with Crippen molar-refractivity contribution in [3.63, 3.8) is 0 Å². The molecule has 22 nitrogen and oxygen atoms in total. The van der Waals surface area contributed by atoms with E-state index in [1.54, 1.807) is 15.6 Å². The summed E-state index contributed by atoms with van der Waals surface area (Å²) in [5, 5.41) is 20.8. The molecule has 0 bridgehead atoms. The van der Waals surface area contributed by atoms with Crippen molar-refractivity contribution in [1.82, 2.24) is 34.7 Å². The van der Waals surface area contributed by atoms with Crippen molar-refractivity contribution in [2.45, 2.75) is 105 Å². The van der Waals surface area contributed by atoms with Crippen LogP contribution >= 0.6 is 20.0 Å². The van der Waals surface area contributed by atoms with Crippen molar-refractivity contribution in [2.75, 3.05) is 144 Å². The smallest absolute Gasteiger partial charge is 0.226 e. The number of hydrogen-bond donors (Lipinski definition) is 3. The molecule has 0 amide bonds. The number of piperidine rings is 1. The monoisotopic (exact) mass is 1030 g/mol. The van der Waals surface area contributed by atoms with Gasteiger partial charge in [-0.05, 0) is 43.7 Å². The molecule has 3 aromatic rings. The van der Waals surface area contributed by atoms with Gasteiger partial charge in [0.2, 0.25) is 5.28 Å². The highest BCUT2D eigenvalue weighted by molar-refractivity contribution is 7.44. The van der Waals surface area contributed by atoms with Gasteiger partial charge in [-0.25, -0.2) is 9.36 Å². The molecule has 0 spiro atoms. The van der Waals surface area contributed by atoms with Gasteiger partial charge in [0.25, 0.3) is 0 Å². The van der Waals surface area contributed by atoms with Gasteiger partial charge in [-0.15, -0.1) is 5.10 Å². The molecule has 69 heavy (non-hydrogen) atoms. The van der Waals surface area contributed by atoms with E-state index >= 15 is 0 Å². The number of aliphatic hydroxyl groups excluding tert-OH is 1. The molecule has 0 saturated carbocycles. The standard InChI is InChI=1S/C40H68ClN8O13P.2C2H6.CH4O/c1-3-10-52-12-14-54-16-17-55-15-13-53-11-9-48-28-33(45-46-48)29-59-23-22-57-19-18-56-20-21-58-24-25-61-36-7-8-47(27-32(36)4-2)38-35-26-42-49(39(35)44-40(41)43-38)37-6-5-34(62-37)30-60-31-63(50)51;3*1-2/h26,28,32,34,36-37,50-51H,3-25,27,29-31H2,1-2H3;2*1-2H3;2H,1H3. The highest BCUT2D eigenvalue weighted by Crippen LogP contribution is 2.35. The van der Waals surface area contributed by atoms with Crippen LogP contribution in [0.2, 0.25) is 5.28 Å². The Morgan fingerprint density at radius 1 is 0.725 bits per heavy atom. The van der Waals surface area contributed by atoms with Crippen LogP contribution in [-0.4, -0.2) is 201 Å². The lowest BCUT2D eigenvalue weighted by Crippen LogP contribution is -2.45. The molecule has 2 saturated heterocycles. The van der Waals surface area contributed by atoms with E-state index in [1.807, 2.05) is 33.9 Å².